The molecule has 1 fully saturated rings. The van der Waals surface area contributed by atoms with E-state index in [1.807, 2.05) is 0 Å². The van der Waals surface area contributed by atoms with Crippen LogP contribution in [0.3, 0.4) is 0 Å². The molecule has 27 heavy (non-hydrogen) atoms. The van der Waals surface area contributed by atoms with Gasteiger partial charge in [-0.25, -0.2) is 9.78 Å². The van der Waals surface area contributed by atoms with Gasteiger partial charge < -0.3 is 15.4 Å². The van der Waals surface area contributed by atoms with E-state index in [2.05, 4.69) is 15.6 Å². The van der Waals surface area contributed by atoms with Crippen molar-refractivity contribution in [3.8, 4) is 0 Å². The summed E-state index contributed by atoms with van der Waals surface area (Å²) in [5.74, 6) is -1.50. The maximum absolute atomic E-state index is 12.0. The Morgan fingerprint density at radius 3 is 2.63 bits per heavy atom. The minimum Gasteiger partial charge on any atom is -0.456 e. The van der Waals surface area contributed by atoms with Crippen molar-refractivity contribution in [3.63, 3.8) is 0 Å². The highest BCUT2D eigenvalue weighted by molar-refractivity contribution is 6.36. The van der Waals surface area contributed by atoms with Gasteiger partial charge in [-0.2, -0.15) is 0 Å². The number of imide groups is 1. The number of ether oxygens (including phenoxy) is 1. The highest BCUT2D eigenvalue weighted by atomic mass is 35.5. The standard InChI is InChI=1S/C16H18Cl2N4O5/c1-16(2)14(25)22(15(26)21-16)5-3-4-12(24)27-8-11(23)20-13-10(18)6-9(17)7-19-13/h6-7H,3-5,8H2,1-2H3,(H,21,26)(H,19,20,23). The third-order valence-corrected chi connectivity index (χ3v) is 4.13. The van der Waals surface area contributed by atoms with E-state index in [-0.39, 0.29) is 36.1 Å². The highest BCUT2D eigenvalue weighted by Gasteiger charge is 2.43. The molecule has 0 saturated carbocycles. The number of halogens is 2. The van der Waals surface area contributed by atoms with Crippen LogP contribution in [0.5, 0.6) is 0 Å². The summed E-state index contributed by atoms with van der Waals surface area (Å²) in [7, 11) is 0. The molecule has 2 heterocycles. The van der Waals surface area contributed by atoms with E-state index in [1.54, 1.807) is 13.8 Å². The zero-order valence-electron chi connectivity index (χ0n) is 14.7. The second kappa shape index (κ2) is 8.53. The average molecular weight is 417 g/mol. The molecular weight excluding hydrogens is 399 g/mol. The van der Waals surface area contributed by atoms with Crippen LogP contribution in [0, 0.1) is 0 Å². The quantitative estimate of drug-likeness (QED) is 0.518. The van der Waals surface area contributed by atoms with Crippen LogP contribution in [0.25, 0.3) is 0 Å². The van der Waals surface area contributed by atoms with Gasteiger partial charge in [0.15, 0.2) is 12.4 Å². The molecule has 1 saturated heterocycles. The van der Waals surface area contributed by atoms with Crippen molar-refractivity contribution >= 4 is 52.8 Å². The third-order valence-electron chi connectivity index (χ3n) is 3.64. The van der Waals surface area contributed by atoms with Crippen molar-refractivity contribution in [2.45, 2.75) is 32.2 Å². The zero-order valence-corrected chi connectivity index (χ0v) is 16.2. The van der Waals surface area contributed by atoms with Gasteiger partial charge in [0.05, 0.1) is 10.0 Å². The highest BCUT2D eigenvalue weighted by Crippen LogP contribution is 2.22. The molecule has 146 valence electrons. The van der Waals surface area contributed by atoms with E-state index in [0.717, 1.165) is 4.90 Å². The van der Waals surface area contributed by atoms with E-state index in [9.17, 15) is 19.2 Å². The van der Waals surface area contributed by atoms with Crippen LogP contribution in [0.1, 0.15) is 26.7 Å². The van der Waals surface area contributed by atoms with E-state index < -0.39 is 30.1 Å². The summed E-state index contributed by atoms with van der Waals surface area (Å²) >= 11 is 11.6. The SMILES string of the molecule is CC1(C)NC(=O)N(CCCC(=O)OCC(=O)Nc2ncc(Cl)cc2Cl)C1=O. The average Bonchev–Trinajstić information content (AvgIpc) is 2.77. The van der Waals surface area contributed by atoms with Crippen LogP contribution >= 0.6 is 23.2 Å². The number of nitrogens with one attached hydrogen (secondary N) is 2. The molecule has 1 aromatic heterocycles. The van der Waals surface area contributed by atoms with Crippen LogP contribution in [0.15, 0.2) is 12.3 Å². The number of nitrogens with zero attached hydrogens (tertiary/aromatic N) is 2. The monoisotopic (exact) mass is 416 g/mol. The fourth-order valence-electron chi connectivity index (χ4n) is 2.30. The molecule has 1 aliphatic heterocycles. The summed E-state index contributed by atoms with van der Waals surface area (Å²) in [5.41, 5.74) is -0.952. The second-order valence-corrected chi connectivity index (χ2v) is 7.15. The predicted octanol–water partition coefficient (Wildman–Crippen LogP) is 1.98. The number of esters is 1. The van der Waals surface area contributed by atoms with Crippen molar-refractivity contribution < 1.29 is 23.9 Å². The van der Waals surface area contributed by atoms with E-state index in [1.165, 1.54) is 12.3 Å². The Labute approximate surface area is 165 Å². The van der Waals surface area contributed by atoms with Gasteiger partial charge in [-0.15, -0.1) is 0 Å². The smallest absolute Gasteiger partial charge is 0.325 e. The maximum Gasteiger partial charge on any atom is 0.325 e. The number of carbonyl (C=O) groups excluding carboxylic acids is 4. The molecule has 0 spiro atoms. The molecule has 9 nitrogen and oxygen atoms in total. The summed E-state index contributed by atoms with van der Waals surface area (Å²) in [5, 5.41) is 5.41. The number of urea groups is 1. The first-order valence-corrected chi connectivity index (χ1v) is 8.76. The number of carbonyl (C=O) groups is 4. The Morgan fingerprint density at radius 1 is 1.33 bits per heavy atom. The fraction of sp³-hybridized carbons (Fsp3) is 0.438. The van der Waals surface area contributed by atoms with Crippen molar-refractivity contribution in [3.05, 3.63) is 22.3 Å². The first kappa shape index (κ1) is 20.9. The van der Waals surface area contributed by atoms with Crippen LogP contribution < -0.4 is 10.6 Å². The summed E-state index contributed by atoms with van der Waals surface area (Å²) in [6.45, 7) is 2.76. The van der Waals surface area contributed by atoms with Gasteiger partial charge in [-0.05, 0) is 26.3 Å². The molecule has 1 aliphatic rings. The summed E-state index contributed by atoms with van der Waals surface area (Å²) in [4.78, 5) is 52.1. The van der Waals surface area contributed by atoms with Crippen LogP contribution in [-0.2, 0) is 19.1 Å². The van der Waals surface area contributed by atoms with E-state index >= 15 is 0 Å². The zero-order chi connectivity index (χ0) is 20.2. The van der Waals surface area contributed by atoms with Gasteiger partial charge in [0, 0.05) is 19.2 Å². The topological polar surface area (TPSA) is 118 Å². The number of rotatable bonds is 7. The van der Waals surface area contributed by atoms with Crippen molar-refractivity contribution in [1.82, 2.24) is 15.2 Å². The van der Waals surface area contributed by atoms with Crippen molar-refractivity contribution in [1.29, 1.82) is 0 Å². The van der Waals surface area contributed by atoms with Gasteiger partial charge in [0.25, 0.3) is 11.8 Å². The molecule has 11 heteroatoms. The number of amides is 4. The molecule has 0 unspecified atom stereocenters. The lowest BCUT2D eigenvalue weighted by molar-refractivity contribution is -0.147. The van der Waals surface area contributed by atoms with Crippen LogP contribution in [0.4, 0.5) is 10.6 Å². The number of hydrogen-bond donors (Lipinski definition) is 2. The fourth-order valence-corrected chi connectivity index (χ4v) is 2.72. The third kappa shape index (κ3) is 5.54. The van der Waals surface area contributed by atoms with Gasteiger partial charge in [0.1, 0.15) is 5.54 Å². The van der Waals surface area contributed by atoms with Gasteiger partial charge in [-0.1, -0.05) is 23.2 Å². The first-order chi connectivity index (χ1) is 12.6. The lowest BCUT2D eigenvalue weighted by Crippen LogP contribution is -2.40. The molecule has 1 aromatic rings. The molecule has 2 rings (SSSR count). The van der Waals surface area contributed by atoms with Crippen LogP contribution in [0.2, 0.25) is 10.0 Å². The van der Waals surface area contributed by atoms with E-state index in [0.29, 0.717) is 5.02 Å². The summed E-state index contributed by atoms with van der Waals surface area (Å²) in [6.07, 6.45) is 1.48. The Morgan fingerprint density at radius 2 is 2.04 bits per heavy atom. The molecular formula is C16H18Cl2N4O5. The van der Waals surface area contributed by atoms with E-state index in [4.69, 9.17) is 27.9 Å². The Bertz CT molecular complexity index is 784. The minimum atomic E-state index is -0.952. The number of pyridine rings is 1. The first-order valence-electron chi connectivity index (χ1n) is 8.01. The normalized spacial score (nSPS) is 15.5. The van der Waals surface area contributed by atoms with Gasteiger partial charge in [-0.3, -0.25) is 19.3 Å². The minimum absolute atomic E-state index is 0.0509. The number of aromatic nitrogens is 1. The molecule has 4 amide bonds. The van der Waals surface area contributed by atoms with Crippen LogP contribution in [-0.4, -0.2) is 52.4 Å². The number of hydrogen-bond acceptors (Lipinski definition) is 6. The van der Waals surface area contributed by atoms with Gasteiger partial charge >= 0.3 is 12.0 Å². The van der Waals surface area contributed by atoms with Crippen molar-refractivity contribution in [2.75, 3.05) is 18.5 Å². The van der Waals surface area contributed by atoms with Crippen molar-refractivity contribution in [2.24, 2.45) is 0 Å². The Balaban J connectivity index is 1.71. The Kier molecular flexibility index (Phi) is 6.61. The molecule has 0 radical (unpaired) electrons. The summed E-state index contributed by atoms with van der Waals surface area (Å²) in [6, 6.07) is 0.916. The molecule has 2 N–H and O–H groups in total. The second-order valence-electron chi connectivity index (χ2n) is 6.31. The lowest BCUT2D eigenvalue weighted by Gasteiger charge is -2.15. The molecule has 0 atom stereocenters. The predicted molar refractivity (Wildman–Crippen MR) is 97.4 cm³/mol. The van der Waals surface area contributed by atoms with Gasteiger partial charge in [0.2, 0.25) is 0 Å². The summed E-state index contributed by atoms with van der Waals surface area (Å²) < 4.78 is 4.85. The maximum atomic E-state index is 12.0. The largest absolute Gasteiger partial charge is 0.456 e. The number of anilines is 1. The Hall–Kier alpha value is -2.39. The molecule has 0 aliphatic carbocycles. The lowest BCUT2D eigenvalue weighted by atomic mass is 10.1. The molecule has 0 bridgehead atoms. The molecule has 0 aromatic carbocycles.